The van der Waals surface area contributed by atoms with E-state index in [1.54, 1.807) is 31.2 Å². The highest BCUT2D eigenvalue weighted by Crippen LogP contribution is 2.27. The maximum absolute atomic E-state index is 12.6. The fraction of sp³-hybridized carbons (Fsp3) is 0.304. The van der Waals surface area contributed by atoms with Crippen LogP contribution in [0.5, 0.6) is 5.88 Å². The Balaban J connectivity index is 1.51. The second-order valence-electron chi connectivity index (χ2n) is 7.04. The van der Waals surface area contributed by atoms with Gasteiger partial charge in [-0.15, -0.1) is 0 Å². The molecule has 0 aliphatic carbocycles. The molecule has 1 fully saturated rings. The average Bonchev–Trinajstić information content (AvgIpc) is 2.83. The first kappa shape index (κ1) is 21.5. The zero-order valence-electron chi connectivity index (χ0n) is 17.7. The molecule has 1 aromatic heterocycles. The number of fused-ring (bicyclic) bond motifs is 1. The Hall–Kier alpha value is -3.72. The van der Waals surface area contributed by atoms with Crippen molar-refractivity contribution in [3.8, 4) is 5.88 Å². The van der Waals surface area contributed by atoms with Crippen LogP contribution in [0.25, 0.3) is 11.0 Å². The molecular weight excluding hydrogens is 412 g/mol. The molecule has 1 aliphatic heterocycles. The summed E-state index contributed by atoms with van der Waals surface area (Å²) in [6, 6.07) is 14.2. The highest BCUT2D eigenvalue weighted by atomic mass is 16.5. The summed E-state index contributed by atoms with van der Waals surface area (Å²) >= 11 is 0. The minimum atomic E-state index is -0.501. The lowest BCUT2D eigenvalue weighted by Crippen LogP contribution is -2.37. The second kappa shape index (κ2) is 10.1. The van der Waals surface area contributed by atoms with Gasteiger partial charge in [-0.25, -0.2) is 14.8 Å². The largest absolute Gasteiger partial charge is 0.465 e. The molecule has 0 saturated carbocycles. The van der Waals surface area contributed by atoms with E-state index in [0.29, 0.717) is 43.3 Å². The number of nitrogens with zero attached hydrogens (tertiary/aromatic N) is 3. The van der Waals surface area contributed by atoms with E-state index in [4.69, 9.17) is 19.2 Å². The van der Waals surface area contributed by atoms with E-state index in [1.165, 1.54) is 0 Å². The molecule has 166 valence electrons. The van der Waals surface area contributed by atoms with Crippen LogP contribution in [0, 0.1) is 0 Å². The molecule has 32 heavy (non-hydrogen) atoms. The fourth-order valence-corrected chi connectivity index (χ4v) is 3.35. The number of carbonyl (C=O) groups excluding carboxylic acids is 2. The minimum absolute atomic E-state index is 0.245. The number of para-hydroxylation sites is 3. The maximum atomic E-state index is 12.6. The van der Waals surface area contributed by atoms with Gasteiger partial charge < -0.3 is 24.4 Å². The smallest absolute Gasteiger partial charge is 0.340 e. The number of nitrogens with one attached hydrogen (secondary N) is 1. The molecule has 0 spiro atoms. The first-order valence-corrected chi connectivity index (χ1v) is 10.4. The first-order valence-electron chi connectivity index (χ1n) is 10.4. The molecule has 0 unspecified atom stereocenters. The Morgan fingerprint density at radius 2 is 1.72 bits per heavy atom. The molecule has 2 heterocycles. The SMILES string of the molecule is CCOC(=O)c1ccccc1NC(=O)COc1nc2ccccc2nc1N1CCOCC1. The zero-order valence-corrected chi connectivity index (χ0v) is 17.7. The number of aromatic nitrogens is 2. The predicted octanol–water partition coefficient (Wildman–Crippen LogP) is 2.66. The van der Waals surface area contributed by atoms with Crippen LogP contribution in [0.3, 0.4) is 0 Å². The van der Waals surface area contributed by atoms with Crippen molar-refractivity contribution in [2.45, 2.75) is 6.92 Å². The molecule has 1 aliphatic rings. The molecule has 9 heteroatoms. The number of rotatable bonds is 7. The molecule has 0 radical (unpaired) electrons. The average molecular weight is 436 g/mol. The third-order valence-electron chi connectivity index (χ3n) is 4.87. The summed E-state index contributed by atoms with van der Waals surface area (Å²) in [7, 11) is 0. The van der Waals surface area contributed by atoms with E-state index < -0.39 is 11.9 Å². The van der Waals surface area contributed by atoms with E-state index in [9.17, 15) is 9.59 Å². The van der Waals surface area contributed by atoms with Gasteiger partial charge >= 0.3 is 5.97 Å². The molecule has 1 amide bonds. The quantitative estimate of drug-likeness (QED) is 0.564. The third-order valence-corrected chi connectivity index (χ3v) is 4.87. The summed E-state index contributed by atoms with van der Waals surface area (Å²) < 4.78 is 16.3. The molecule has 1 N–H and O–H groups in total. The van der Waals surface area contributed by atoms with Crippen LogP contribution < -0.4 is 15.0 Å². The molecule has 2 aromatic carbocycles. The zero-order chi connectivity index (χ0) is 22.3. The van der Waals surface area contributed by atoms with Gasteiger partial charge in [0.05, 0.1) is 42.1 Å². The van der Waals surface area contributed by atoms with Crippen LogP contribution in [-0.4, -0.2) is 61.4 Å². The monoisotopic (exact) mass is 436 g/mol. The molecule has 3 aromatic rings. The van der Waals surface area contributed by atoms with Gasteiger partial charge in [-0.1, -0.05) is 24.3 Å². The van der Waals surface area contributed by atoms with Crippen molar-refractivity contribution < 1.29 is 23.8 Å². The van der Waals surface area contributed by atoms with E-state index in [2.05, 4.69) is 10.3 Å². The fourth-order valence-electron chi connectivity index (χ4n) is 3.35. The summed E-state index contributed by atoms with van der Waals surface area (Å²) in [5.74, 6) is -0.0740. The lowest BCUT2D eigenvalue weighted by atomic mass is 10.2. The van der Waals surface area contributed by atoms with Gasteiger partial charge in [0.15, 0.2) is 12.4 Å². The number of amides is 1. The first-order chi connectivity index (χ1) is 15.7. The number of carbonyl (C=O) groups is 2. The van der Waals surface area contributed by atoms with E-state index in [-0.39, 0.29) is 24.7 Å². The minimum Gasteiger partial charge on any atom is -0.465 e. The van der Waals surface area contributed by atoms with Crippen LogP contribution in [-0.2, 0) is 14.3 Å². The van der Waals surface area contributed by atoms with Crippen molar-refractivity contribution in [1.82, 2.24) is 9.97 Å². The number of ether oxygens (including phenoxy) is 3. The predicted molar refractivity (Wildman–Crippen MR) is 119 cm³/mol. The Bertz CT molecular complexity index is 1110. The van der Waals surface area contributed by atoms with E-state index >= 15 is 0 Å². The highest BCUT2D eigenvalue weighted by molar-refractivity contribution is 6.01. The summed E-state index contributed by atoms with van der Waals surface area (Å²) in [6.45, 7) is 4.16. The Kier molecular flexibility index (Phi) is 6.76. The Morgan fingerprint density at radius 3 is 2.47 bits per heavy atom. The number of esters is 1. The normalized spacial score (nSPS) is 13.6. The van der Waals surface area contributed by atoms with Gasteiger partial charge in [0.2, 0.25) is 0 Å². The van der Waals surface area contributed by atoms with Crippen LogP contribution in [0.15, 0.2) is 48.5 Å². The number of morpholine rings is 1. The van der Waals surface area contributed by atoms with Crippen molar-refractivity contribution in [2.24, 2.45) is 0 Å². The summed E-state index contributed by atoms with van der Waals surface area (Å²) in [5, 5.41) is 2.71. The van der Waals surface area contributed by atoms with Crippen molar-refractivity contribution in [3.63, 3.8) is 0 Å². The number of anilines is 2. The number of hydrogen-bond donors (Lipinski definition) is 1. The number of hydrogen-bond acceptors (Lipinski definition) is 8. The van der Waals surface area contributed by atoms with Crippen LogP contribution in [0.4, 0.5) is 11.5 Å². The highest BCUT2D eigenvalue weighted by Gasteiger charge is 2.21. The van der Waals surface area contributed by atoms with Gasteiger partial charge in [0.1, 0.15) is 0 Å². The topological polar surface area (TPSA) is 103 Å². The van der Waals surface area contributed by atoms with Gasteiger partial charge in [-0.3, -0.25) is 4.79 Å². The lowest BCUT2D eigenvalue weighted by Gasteiger charge is -2.28. The standard InChI is InChI=1S/C23H24N4O5/c1-2-31-23(29)16-7-3-4-8-17(16)24-20(28)15-32-22-21(27-11-13-30-14-12-27)25-18-9-5-6-10-19(18)26-22/h3-10H,2,11-15H2,1H3,(H,24,28). The van der Waals surface area contributed by atoms with Crippen LogP contribution >= 0.6 is 0 Å². The van der Waals surface area contributed by atoms with Crippen LogP contribution in [0.2, 0.25) is 0 Å². The van der Waals surface area contributed by atoms with Gasteiger partial charge in [-0.05, 0) is 31.2 Å². The molecule has 4 rings (SSSR count). The van der Waals surface area contributed by atoms with Crippen molar-refractivity contribution in [1.29, 1.82) is 0 Å². The van der Waals surface area contributed by atoms with E-state index in [0.717, 1.165) is 5.52 Å². The van der Waals surface area contributed by atoms with Gasteiger partial charge in [0, 0.05) is 13.1 Å². The molecule has 0 atom stereocenters. The summed E-state index contributed by atoms with van der Waals surface area (Å²) in [5.41, 5.74) is 2.06. The van der Waals surface area contributed by atoms with Crippen molar-refractivity contribution in [2.75, 3.05) is 49.7 Å². The van der Waals surface area contributed by atoms with Gasteiger partial charge in [0.25, 0.3) is 11.8 Å². The molecule has 1 saturated heterocycles. The Labute approximate surface area is 185 Å². The molecule has 9 nitrogen and oxygen atoms in total. The van der Waals surface area contributed by atoms with Gasteiger partial charge in [-0.2, -0.15) is 0 Å². The van der Waals surface area contributed by atoms with Crippen LogP contribution in [0.1, 0.15) is 17.3 Å². The lowest BCUT2D eigenvalue weighted by molar-refractivity contribution is -0.118. The third kappa shape index (κ3) is 4.94. The number of benzene rings is 2. The van der Waals surface area contributed by atoms with Crippen molar-refractivity contribution in [3.05, 3.63) is 54.1 Å². The van der Waals surface area contributed by atoms with E-state index in [1.807, 2.05) is 29.2 Å². The van der Waals surface area contributed by atoms with Crippen molar-refractivity contribution >= 4 is 34.4 Å². The second-order valence-corrected chi connectivity index (χ2v) is 7.04. The maximum Gasteiger partial charge on any atom is 0.340 e. The summed E-state index contributed by atoms with van der Waals surface area (Å²) in [4.78, 5) is 36.1. The molecular formula is C23H24N4O5. The molecule has 0 bridgehead atoms. The Morgan fingerprint density at radius 1 is 1.03 bits per heavy atom. The summed E-state index contributed by atoms with van der Waals surface area (Å²) in [6.07, 6.45) is 0.